The van der Waals surface area contributed by atoms with Crippen LogP contribution in [0, 0.1) is 5.92 Å². The van der Waals surface area contributed by atoms with E-state index in [-0.39, 0.29) is 35.3 Å². The number of hydrogen-bond donors (Lipinski definition) is 3. The number of anilines is 2. The van der Waals surface area contributed by atoms with Gasteiger partial charge in [0, 0.05) is 14.1 Å². The van der Waals surface area contributed by atoms with Crippen LogP contribution < -0.4 is 15.7 Å². The maximum absolute atomic E-state index is 16.4. The fourth-order valence-corrected chi connectivity index (χ4v) is 5.95. The van der Waals surface area contributed by atoms with Crippen molar-refractivity contribution in [3.8, 4) is 0 Å². The number of rotatable bonds is 15. The zero-order valence-corrected chi connectivity index (χ0v) is 28.7. The Labute approximate surface area is 271 Å². The topological polar surface area (TPSA) is 212 Å². The minimum absolute atomic E-state index is 0.0197. The largest absolute Gasteiger partial charge is 0.510 e. The van der Waals surface area contributed by atoms with Crippen LogP contribution in [0.25, 0.3) is 11.2 Å². The van der Waals surface area contributed by atoms with Gasteiger partial charge in [0.05, 0.1) is 18.5 Å². The summed E-state index contributed by atoms with van der Waals surface area (Å²) < 4.78 is 78.3. The summed E-state index contributed by atoms with van der Waals surface area (Å²) in [6, 6.07) is -1.30. The van der Waals surface area contributed by atoms with Gasteiger partial charge in [-0.1, -0.05) is 13.8 Å². The summed E-state index contributed by atoms with van der Waals surface area (Å²) in [6.45, 7) is 8.35. The Morgan fingerprint density at radius 2 is 1.79 bits per heavy atom. The number of imidazole rings is 1. The van der Waals surface area contributed by atoms with Gasteiger partial charge in [-0.2, -0.15) is 9.97 Å². The molecule has 20 heteroatoms. The number of alkyl halides is 2. The third-order valence-corrected chi connectivity index (χ3v) is 8.19. The van der Waals surface area contributed by atoms with Crippen molar-refractivity contribution < 1.29 is 56.0 Å². The third-order valence-electron chi connectivity index (χ3n) is 6.65. The molecule has 2 aromatic rings. The van der Waals surface area contributed by atoms with Gasteiger partial charge in [-0.05, 0) is 47.0 Å². The van der Waals surface area contributed by atoms with Gasteiger partial charge in [0.1, 0.15) is 12.6 Å². The molecule has 266 valence electrons. The van der Waals surface area contributed by atoms with E-state index in [1.165, 1.54) is 0 Å². The lowest BCUT2D eigenvalue weighted by atomic mass is 9.97. The number of nitrogens with zero attached hydrogens (tertiary/aromatic N) is 5. The first-order chi connectivity index (χ1) is 21.7. The van der Waals surface area contributed by atoms with Gasteiger partial charge in [-0.15, -0.1) is 0 Å². The Morgan fingerprint density at radius 3 is 2.36 bits per heavy atom. The molecule has 0 aliphatic carbocycles. The summed E-state index contributed by atoms with van der Waals surface area (Å²) in [5.74, 6) is -4.22. The highest BCUT2D eigenvalue weighted by molar-refractivity contribution is 7.51. The van der Waals surface area contributed by atoms with Crippen LogP contribution in [0.15, 0.2) is 6.33 Å². The van der Waals surface area contributed by atoms with Crippen LogP contribution in [0.3, 0.4) is 0 Å². The van der Waals surface area contributed by atoms with Crippen molar-refractivity contribution in [3.05, 3.63) is 6.33 Å². The smallest absolute Gasteiger partial charge is 0.462 e. The SMILES string of the molecule is CC(C)C[C@H](NP(=O)(OCOC(=O)OC(C)C)OC[C@@]1(F)O[C@@H](n2cnc3c(N(C)C)nc(N)nc32)[C@](C)(F)[C@@H]1O)C(=O)OC(C)C. The molecule has 1 aliphatic rings. The minimum Gasteiger partial charge on any atom is -0.462 e. The van der Waals surface area contributed by atoms with Gasteiger partial charge in [0.2, 0.25) is 12.7 Å². The Hall–Kier alpha value is -3.22. The highest BCUT2D eigenvalue weighted by atomic mass is 31.2. The fourth-order valence-electron chi connectivity index (χ4n) is 4.60. The standard InChI is InChI=1S/C27H44F2N7O10P/c1-14(2)10-17(21(37)44-15(3)4)34-47(40,43-13-41-25(39)45-16(5)6)42-11-27(29)22(38)26(7,28)23(46-27)36-12-31-18-19(35(8)9)32-24(30)33-20(18)36/h12,14-17,22-23,38H,10-11,13H2,1-9H3,(H,34,40)(H2,30,32,33)/t17-,22-,23+,26+,27+,47?/m0/s1. The molecule has 0 radical (unpaired) electrons. The zero-order chi connectivity index (χ0) is 35.5. The number of aliphatic hydroxyl groups excluding tert-OH is 1. The van der Waals surface area contributed by atoms with Gasteiger partial charge in [-0.25, -0.2) is 28.2 Å². The molecule has 4 N–H and O–H groups in total. The number of esters is 1. The second kappa shape index (κ2) is 14.9. The Bertz CT molecular complexity index is 1460. The highest BCUT2D eigenvalue weighted by Crippen LogP contribution is 2.52. The number of fused-ring (bicyclic) bond motifs is 1. The van der Waals surface area contributed by atoms with Crippen molar-refractivity contribution in [2.24, 2.45) is 5.92 Å². The van der Waals surface area contributed by atoms with Crippen LogP contribution >= 0.6 is 7.75 Å². The van der Waals surface area contributed by atoms with E-state index in [2.05, 4.69) is 20.0 Å². The number of carbonyl (C=O) groups excluding carboxylic acids is 2. The molecular weight excluding hydrogens is 651 g/mol. The van der Waals surface area contributed by atoms with E-state index >= 15 is 8.78 Å². The number of nitrogen functional groups attached to an aromatic ring is 1. The summed E-state index contributed by atoms with van der Waals surface area (Å²) in [6.07, 6.45) is -5.48. The quantitative estimate of drug-likeness (QED) is 0.138. The molecule has 0 aromatic carbocycles. The van der Waals surface area contributed by atoms with Crippen molar-refractivity contribution in [1.29, 1.82) is 0 Å². The van der Waals surface area contributed by atoms with E-state index in [9.17, 15) is 19.3 Å². The predicted molar refractivity (Wildman–Crippen MR) is 163 cm³/mol. The van der Waals surface area contributed by atoms with Crippen molar-refractivity contribution in [1.82, 2.24) is 24.6 Å². The number of aliphatic hydroxyl groups is 1. The first-order valence-electron chi connectivity index (χ1n) is 14.8. The van der Waals surface area contributed by atoms with Crippen LogP contribution in [0.2, 0.25) is 0 Å². The van der Waals surface area contributed by atoms with E-state index in [1.54, 1.807) is 60.5 Å². The molecular formula is C27H44F2N7O10P. The molecule has 1 unspecified atom stereocenters. The molecule has 0 bridgehead atoms. The molecule has 47 heavy (non-hydrogen) atoms. The van der Waals surface area contributed by atoms with Crippen molar-refractivity contribution >= 4 is 42.8 Å². The van der Waals surface area contributed by atoms with E-state index in [1.807, 2.05) is 0 Å². The van der Waals surface area contributed by atoms with Crippen molar-refractivity contribution in [3.63, 3.8) is 0 Å². The fraction of sp³-hybridized carbons (Fsp3) is 0.741. The Kier molecular flexibility index (Phi) is 12.1. The molecule has 6 atom stereocenters. The molecule has 17 nitrogen and oxygen atoms in total. The molecule has 3 heterocycles. The number of ether oxygens (including phenoxy) is 4. The second-order valence-corrected chi connectivity index (χ2v) is 14.1. The predicted octanol–water partition coefficient (Wildman–Crippen LogP) is 3.37. The molecule has 0 amide bonds. The number of nitrogens with two attached hydrogens (primary N) is 1. The Morgan fingerprint density at radius 1 is 1.15 bits per heavy atom. The van der Waals surface area contributed by atoms with Crippen LogP contribution in [-0.2, 0) is 37.4 Å². The van der Waals surface area contributed by atoms with Crippen molar-refractivity contribution in [2.75, 3.05) is 38.1 Å². The maximum Gasteiger partial charge on any atom is 0.510 e. The van der Waals surface area contributed by atoms with Gasteiger partial charge in [0.15, 0.2) is 35.0 Å². The average molecular weight is 696 g/mol. The normalized spacial score (nSPS) is 24.9. The van der Waals surface area contributed by atoms with Crippen LogP contribution in [0.1, 0.15) is 61.1 Å². The summed E-state index contributed by atoms with van der Waals surface area (Å²) in [4.78, 5) is 38.7. The molecule has 0 saturated carbocycles. The van der Waals surface area contributed by atoms with Gasteiger partial charge in [-0.3, -0.25) is 18.4 Å². The van der Waals surface area contributed by atoms with Gasteiger partial charge >= 0.3 is 19.9 Å². The summed E-state index contributed by atoms with van der Waals surface area (Å²) in [5.41, 5.74) is 3.17. The number of aromatic nitrogens is 4. The third kappa shape index (κ3) is 9.23. The second-order valence-electron chi connectivity index (χ2n) is 12.3. The lowest BCUT2D eigenvalue weighted by molar-refractivity contribution is -0.203. The first-order valence-corrected chi connectivity index (χ1v) is 16.3. The summed E-state index contributed by atoms with van der Waals surface area (Å²) in [5, 5.41) is 13.3. The molecule has 1 aliphatic heterocycles. The lowest BCUT2D eigenvalue weighted by Crippen LogP contribution is -2.47. The van der Waals surface area contributed by atoms with E-state index in [0.717, 1.165) is 17.8 Å². The van der Waals surface area contributed by atoms with Gasteiger partial charge in [0.25, 0.3) is 5.85 Å². The minimum atomic E-state index is -4.82. The zero-order valence-electron chi connectivity index (χ0n) is 27.8. The van der Waals surface area contributed by atoms with Crippen LogP contribution in [0.4, 0.5) is 25.3 Å². The summed E-state index contributed by atoms with van der Waals surface area (Å²) in [7, 11) is -1.49. The summed E-state index contributed by atoms with van der Waals surface area (Å²) >= 11 is 0. The maximum atomic E-state index is 16.4. The van der Waals surface area contributed by atoms with Crippen molar-refractivity contribution in [2.45, 2.75) is 97.0 Å². The van der Waals surface area contributed by atoms with E-state index < -0.39 is 75.4 Å². The number of halogens is 2. The monoisotopic (exact) mass is 695 g/mol. The molecule has 3 rings (SSSR count). The van der Waals surface area contributed by atoms with Crippen LogP contribution in [0.5, 0.6) is 0 Å². The van der Waals surface area contributed by atoms with Crippen LogP contribution in [-0.4, -0.2) is 100 Å². The van der Waals surface area contributed by atoms with E-state index in [4.69, 9.17) is 33.7 Å². The number of carbonyl (C=O) groups is 2. The Balaban J connectivity index is 1.91. The molecule has 1 fully saturated rings. The molecule has 1 saturated heterocycles. The average Bonchev–Trinajstić information content (AvgIpc) is 3.42. The molecule has 2 aromatic heterocycles. The number of nitrogens with one attached hydrogen (secondary N) is 1. The first kappa shape index (κ1) is 38.2. The van der Waals surface area contributed by atoms with Gasteiger partial charge < -0.3 is 34.7 Å². The lowest BCUT2D eigenvalue weighted by Gasteiger charge is -2.29. The molecule has 0 spiro atoms. The highest BCUT2D eigenvalue weighted by Gasteiger charge is 2.65. The van der Waals surface area contributed by atoms with E-state index in [0.29, 0.717) is 0 Å². The number of hydrogen-bond acceptors (Lipinski definition) is 15.